The van der Waals surface area contributed by atoms with Crippen LogP contribution in [0.25, 0.3) is 0 Å². The summed E-state index contributed by atoms with van der Waals surface area (Å²) in [5.74, 6) is -0.108. The molecule has 0 spiro atoms. The van der Waals surface area contributed by atoms with Crippen molar-refractivity contribution >= 4 is 23.2 Å². The van der Waals surface area contributed by atoms with E-state index in [0.717, 1.165) is 57.8 Å². The first-order valence-corrected chi connectivity index (χ1v) is 9.73. The average Bonchev–Trinajstić information content (AvgIpc) is 3.29. The number of likely N-dealkylation sites (tertiary alicyclic amines) is 1. The van der Waals surface area contributed by atoms with Gasteiger partial charge in [0, 0.05) is 50.6 Å². The zero-order valence-electron chi connectivity index (χ0n) is 15.5. The van der Waals surface area contributed by atoms with Crippen LogP contribution >= 0.6 is 0 Å². The summed E-state index contributed by atoms with van der Waals surface area (Å²) in [6.45, 7) is 5.78. The second kappa shape index (κ2) is 6.91. The predicted molar refractivity (Wildman–Crippen MR) is 102 cm³/mol. The molecule has 3 fully saturated rings. The first-order chi connectivity index (χ1) is 12.6. The number of nitrogens with zero attached hydrogens (tertiary/aromatic N) is 3. The molecule has 1 aromatic rings. The summed E-state index contributed by atoms with van der Waals surface area (Å²) < 4.78 is 0. The van der Waals surface area contributed by atoms with E-state index in [9.17, 15) is 9.59 Å². The van der Waals surface area contributed by atoms with E-state index in [4.69, 9.17) is 0 Å². The largest absolute Gasteiger partial charge is 0.369 e. The van der Waals surface area contributed by atoms with E-state index in [0.29, 0.717) is 12.8 Å². The van der Waals surface area contributed by atoms with Crippen LogP contribution in [-0.4, -0.2) is 67.9 Å². The van der Waals surface area contributed by atoms with Gasteiger partial charge in [-0.05, 0) is 57.0 Å². The highest BCUT2D eigenvalue weighted by atomic mass is 16.2. The number of rotatable bonds is 4. The van der Waals surface area contributed by atoms with E-state index >= 15 is 0 Å². The van der Waals surface area contributed by atoms with E-state index in [-0.39, 0.29) is 11.8 Å². The first-order valence-electron chi connectivity index (χ1n) is 9.73. The maximum absolute atomic E-state index is 12.7. The summed E-state index contributed by atoms with van der Waals surface area (Å²) in [5, 5.41) is 2.97. The van der Waals surface area contributed by atoms with Crippen molar-refractivity contribution in [3.63, 3.8) is 0 Å². The van der Waals surface area contributed by atoms with Gasteiger partial charge in [0.05, 0.1) is 0 Å². The lowest BCUT2D eigenvalue weighted by molar-refractivity contribution is -0.141. The topological polar surface area (TPSA) is 55.9 Å². The number of amides is 2. The van der Waals surface area contributed by atoms with E-state index < -0.39 is 5.41 Å². The number of carbonyl (C=O) groups excluding carboxylic acids is 2. The Labute approximate surface area is 155 Å². The normalized spacial score (nSPS) is 22.3. The first kappa shape index (κ1) is 17.3. The zero-order chi connectivity index (χ0) is 18.1. The molecule has 0 radical (unpaired) electrons. The summed E-state index contributed by atoms with van der Waals surface area (Å²) in [6.07, 6.45) is 3.45. The van der Waals surface area contributed by atoms with E-state index in [1.54, 1.807) is 0 Å². The smallest absolute Gasteiger partial charge is 0.240 e. The fraction of sp³-hybridized carbons (Fsp3) is 0.600. The number of carbonyl (C=O) groups is 2. The lowest BCUT2D eigenvalue weighted by Crippen LogP contribution is -2.44. The second-order valence-electron chi connectivity index (χ2n) is 7.87. The van der Waals surface area contributed by atoms with Gasteiger partial charge in [-0.15, -0.1) is 0 Å². The molecule has 1 N–H and O–H groups in total. The SMILES string of the molecule is CN1CCN(c2ccc(NC(=O)C3(C(=O)N4CCCC4)CC3)cc2)CC1. The lowest BCUT2D eigenvalue weighted by Gasteiger charge is -2.34. The van der Waals surface area contributed by atoms with Gasteiger partial charge in [-0.3, -0.25) is 9.59 Å². The van der Waals surface area contributed by atoms with Crippen molar-refractivity contribution in [3.8, 4) is 0 Å². The van der Waals surface area contributed by atoms with Gasteiger partial charge in [-0.25, -0.2) is 0 Å². The summed E-state index contributed by atoms with van der Waals surface area (Å²) in [5.41, 5.74) is 1.15. The molecule has 1 saturated carbocycles. The summed E-state index contributed by atoms with van der Waals surface area (Å²) in [4.78, 5) is 32.0. The Morgan fingerprint density at radius 2 is 1.54 bits per heavy atom. The number of anilines is 2. The Balaban J connectivity index is 1.38. The van der Waals surface area contributed by atoms with Crippen LogP contribution in [0, 0.1) is 5.41 Å². The highest BCUT2D eigenvalue weighted by Gasteiger charge is 2.58. The third-order valence-corrected chi connectivity index (χ3v) is 5.98. The molecule has 2 aliphatic heterocycles. The standard InChI is InChI=1S/C20H28N4O2/c1-22-12-14-23(15-13-22)17-6-4-16(5-7-17)21-18(25)20(8-9-20)19(26)24-10-2-3-11-24/h4-7H,2-3,8-15H2,1H3,(H,21,25). The number of likely N-dealkylation sites (N-methyl/N-ethyl adjacent to an activating group) is 1. The molecular weight excluding hydrogens is 328 g/mol. The zero-order valence-corrected chi connectivity index (χ0v) is 15.5. The summed E-state index contributed by atoms with van der Waals surface area (Å²) >= 11 is 0. The van der Waals surface area contributed by atoms with Crippen LogP contribution in [0.5, 0.6) is 0 Å². The van der Waals surface area contributed by atoms with Gasteiger partial charge < -0.3 is 20.0 Å². The van der Waals surface area contributed by atoms with Gasteiger partial charge in [0.2, 0.25) is 11.8 Å². The minimum Gasteiger partial charge on any atom is -0.369 e. The molecule has 0 atom stereocenters. The number of hydrogen-bond donors (Lipinski definition) is 1. The quantitative estimate of drug-likeness (QED) is 0.836. The lowest BCUT2D eigenvalue weighted by atomic mass is 10.0. The van der Waals surface area contributed by atoms with E-state index in [1.165, 1.54) is 5.69 Å². The highest BCUT2D eigenvalue weighted by Crippen LogP contribution is 2.48. The third-order valence-electron chi connectivity index (χ3n) is 5.98. The average molecular weight is 356 g/mol. The van der Waals surface area contributed by atoms with Crippen LogP contribution in [0.15, 0.2) is 24.3 Å². The fourth-order valence-corrected chi connectivity index (χ4v) is 3.96. The van der Waals surface area contributed by atoms with Gasteiger partial charge in [-0.1, -0.05) is 0 Å². The molecule has 3 aliphatic rings. The molecule has 26 heavy (non-hydrogen) atoms. The van der Waals surface area contributed by atoms with E-state index in [2.05, 4.69) is 34.3 Å². The van der Waals surface area contributed by atoms with Crippen LogP contribution in [0.2, 0.25) is 0 Å². The Morgan fingerprint density at radius 3 is 2.12 bits per heavy atom. The minimum absolute atomic E-state index is 0.0292. The Bertz CT molecular complexity index is 670. The van der Waals surface area contributed by atoms with Crippen molar-refractivity contribution in [2.45, 2.75) is 25.7 Å². The molecule has 1 aliphatic carbocycles. The number of nitrogens with one attached hydrogen (secondary N) is 1. The Kier molecular flexibility index (Phi) is 4.61. The minimum atomic E-state index is -0.805. The predicted octanol–water partition coefficient (Wildman–Crippen LogP) is 1.78. The number of piperazine rings is 1. The van der Waals surface area contributed by atoms with Crippen molar-refractivity contribution in [2.75, 3.05) is 56.5 Å². The maximum Gasteiger partial charge on any atom is 0.240 e. The Morgan fingerprint density at radius 1 is 0.923 bits per heavy atom. The van der Waals surface area contributed by atoms with Crippen LogP contribution in [0.1, 0.15) is 25.7 Å². The molecule has 2 saturated heterocycles. The van der Waals surface area contributed by atoms with Crippen molar-refractivity contribution in [2.24, 2.45) is 5.41 Å². The third kappa shape index (κ3) is 3.30. The molecule has 4 rings (SSSR count). The van der Waals surface area contributed by atoms with Crippen LogP contribution in [-0.2, 0) is 9.59 Å². The fourth-order valence-electron chi connectivity index (χ4n) is 3.96. The molecule has 6 nitrogen and oxygen atoms in total. The van der Waals surface area contributed by atoms with Crippen molar-refractivity contribution in [3.05, 3.63) is 24.3 Å². The molecule has 0 bridgehead atoms. The van der Waals surface area contributed by atoms with Gasteiger partial charge in [-0.2, -0.15) is 0 Å². The molecule has 6 heteroatoms. The highest BCUT2D eigenvalue weighted by molar-refractivity contribution is 6.13. The summed E-state index contributed by atoms with van der Waals surface area (Å²) in [7, 11) is 2.15. The van der Waals surface area contributed by atoms with Crippen LogP contribution in [0.4, 0.5) is 11.4 Å². The molecule has 2 amide bonds. The summed E-state index contributed by atoms with van der Waals surface area (Å²) in [6, 6.07) is 8.01. The Hall–Kier alpha value is -2.08. The maximum atomic E-state index is 12.7. The molecule has 1 aromatic carbocycles. The molecule has 0 aromatic heterocycles. The molecule has 0 unspecified atom stereocenters. The monoisotopic (exact) mass is 356 g/mol. The number of benzene rings is 1. The molecular formula is C20H28N4O2. The van der Waals surface area contributed by atoms with E-state index in [1.807, 2.05) is 17.0 Å². The molecule has 140 valence electrons. The number of hydrogen-bond acceptors (Lipinski definition) is 4. The van der Waals surface area contributed by atoms with Gasteiger partial charge in [0.25, 0.3) is 0 Å². The second-order valence-corrected chi connectivity index (χ2v) is 7.87. The van der Waals surface area contributed by atoms with Gasteiger partial charge in [0.1, 0.15) is 5.41 Å². The van der Waals surface area contributed by atoms with Crippen LogP contribution < -0.4 is 10.2 Å². The van der Waals surface area contributed by atoms with Crippen LogP contribution in [0.3, 0.4) is 0 Å². The van der Waals surface area contributed by atoms with Crippen molar-refractivity contribution < 1.29 is 9.59 Å². The van der Waals surface area contributed by atoms with Gasteiger partial charge in [0.15, 0.2) is 0 Å². The molecule has 2 heterocycles. The van der Waals surface area contributed by atoms with Gasteiger partial charge >= 0.3 is 0 Å². The van der Waals surface area contributed by atoms with Crippen molar-refractivity contribution in [1.82, 2.24) is 9.80 Å². The van der Waals surface area contributed by atoms with Crippen molar-refractivity contribution in [1.29, 1.82) is 0 Å².